The molecule has 0 saturated carbocycles. The van der Waals surface area contributed by atoms with E-state index in [9.17, 15) is 9.18 Å². The fourth-order valence-corrected chi connectivity index (χ4v) is 5.01. The third-order valence-electron chi connectivity index (χ3n) is 3.56. The van der Waals surface area contributed by atoms with Gasteiger partial charge in [-0.15, -0.1) is 21.5 Å². The van der Waals surface area contributed by atoms with E-state index < -0.39 is 0 Å². The normalized spacial score (nSPS) is 11.0. The van der Waals surface area contributed by atoms with E-state index in [-0.39, 0.29) is 11.7 Å². The SMILES string of the molecule is O=C(Nc1nnc(SCc2ccccc2)s1)c1cc2c(F)cccc2s1. The standard InChI is InChI=1S/C18H12FN3OS3/c19-13-7-4-8-14-12(13)9-15(25-14)16(23)20-17-21-22-18(26-17)24-10-11-5-2-1-3-6-11/h1-9H,10H2,(H,20,21,23). The van der Waals surface area contributed by atoms with Crippen LogP contribution in [0.3, 0.4) is 0 Å². The van der Waals surface area contributed by atoms with Crippen molar-refractivity contribution in [3.63, 3.8) is 0 Å². The van der Waals surface area contributed by atoms with Crippen LogP contribution in [0.25, 0.3) is 10.1 Å². The minimum Gasteiger partial charge on any atom is -0.296 e. The Bertz CT molecular complexity index is 1060. The number of nitrogens with zero attached hydrogens (tertiary/aromatic N) is 2. The lowest BCUT2D eigenvalue weighted by Crippen LogP contribution is -2.09. The maximum atomic E-state index is 13.8. The topological polar surface area (TPSA) is 54.9 Å². The van der Waals surface area contributed by atoms with Gasteiger partial charge in [0.15, 0.2) is 4.34 Å². The van der Waals surface area contributed by atoms with Crippen molar-refractivity contribution in [2.75, 3.05) is 5.32 Å². The van der Waals surface area contributed by atoms with Crippen molar-refractivity contribution in [1.82, 2.24) is 10.2 Å². The van der Waals surface area contributed by atoms with Crippen LogP contribution in [0.2, 0.25) is 0 Å². The van der Waals surface area contributed by atoms with Crippen molar-refractivity contribution >= 4 is 55.6 Å². The van der Waals surface area contributed by atoms with E-state index >= 15 is 0 Å². The summed E-state index contributed by atoms with van der Waals surface area (Å²) >= 11 is 4.15. The molecular weight excluding hydrogens is 389 g/mol. The van der Waals surface area contributed by atoms with Gasteiger partial charge in [0.05, 0.1) is 4.88 Å². The molecule has 4 nitrogen and oxygen atoms in total. The molecule has 2 aromatic heterocycles. The van der Waals surface area contributed by atoms with Crippen LogP contribution in [0.4, 0.5) is 9.52 Å². The molecule has 0 fully saturated rings. The second-order valence-electron chi connectivity index (χ2n) is 5.36. The zero-order chi connectivity index (χ0) is 17.9. The van der Waals surface area contributed by atoms with Crippen molar-refractivity contribution in [3.8, 4) is 0 Å². The van der Waals surface area contributed by atoms with E-state index in [4.69, 9.17) is 0 Å². The Kier molecular flexibility index (Phi) is 4.96. The van der Waals surface area contributed by atoms with Gasteiger partial charge in [-0.25, -0.2) is 4.39 Å². The van der Waals surface area contributed by atoms with Gasteiger partial charge in [-0.05, 0) is 23.8 Å². The molecule has 4 aromatic rings. The highest BCUT2D eigenvalue weighted by molar-refractivity contribution is 8.00. The molecule has 2 aromatic carbocycles. The molecule has 130 valence electrons. The van der Waals surface area contributed by atoms with Gasteiger partial charge in [0.2, 0.25) is 5.13 Å². The molecule has 0 aliphatic carbocycles. The van der Waals surface area contributed by atoms with Crippen LogP contribution in [-0.4, -0.2) is 16.1 Å². The van der Waals surface area contributed by atoms with E-state index in [1.54, 1.807) is 30.0 Å². The second-order valence-corrected chi connectivity index (χ2v) is 8.65. The molecule has 0 bridgehead atoms. The summed E-state index contributed by atoms with van der Waals surface area (Å²) in [7, 11) is 0. The average molecular weight is 402 g/mol. The molecule has 4 rings (SSSR count). The first-order chi connectivity index (χ1) is 12.7. The third-order valence-corrected chi connectivity index (χ3v) is 6.71. The Balaban J connectivity index is 1.43. The molecule has 2 heterocycles. The van der Waals surface area contributed by atoms with Gasteiger partial charge in [-0.3, -0.25) is 10.1 Å². The van der Waals surface area contributed by atoms with Gasteiger partial charge in [0, 0.05) is 15.8 Å². The predicted molar refractivity (Wildman–Crippen MR) is 106 cm³/mol. The molecule has 8 heteroatoms. The summed E-state index contributed by atoms with van der Waals surface area (Å²) in [6.07, 6.45) is 0. The highest BCUT2D eigenvalue weighted by Gasteiger charge is 2.15. The zero-order valence-corrected chi connectivity index (χ0v) is 15.8. The third kappa shape index (κ3) is 3.77. The van der Waals surface area contributed by atoms with E-state index in [1.807, 2.05) is 18.2 Å². The summed E-state index contributed by atoms with van der Waals surface area (Å²) in [5.41, 5.74) is 1.20. The number of carbonyl (C=O) groups excluding carboxylic acids is 1. The number of thiophene rings is 1. The van der Waals surface area contributed by atoms with Gasteiger partial charge in [0.25, 0.3) is 5.91 Å². The number of halogens is 1. The van der Waals surface area contributed by atoms with Crippen LogP contribution in [0.5, 0.6) is 0 Å². The molecule has 0 unspecified atom stereocenters. The van der Waals surface area contributed by atoms with Crippen LogP contribution in [-0.2, 0) is 5.75 Å². The number of hydrogen-bond donors (Lipinski definition) is 1. The quantitative estimate of drug-likeness (QED) is 0.358. The maximum Gasteiger partial charge on any atom is 0.267 e. The Morgan fingerprint density at radius 3 is 2.73 bits per heavy atom. The van der Waals surface area contributed by atoms with Crippen molar-refractivity contribution in [3.05, 3.63) is 70.9 Å². The lowest BCUT2D eigenvalue weighted by atomic mass is 10.2. The smallest absolute Gasteiger partial charge is 0.267 e. The fourth-order valence-electron chi connectivity index (χ4n) is 2.33. The number of hydrogen-bond acceptors (Lipinski definition) is 6. The summed E-state index contributed by atoms with van der Waals surface area (Å²) in [5, 5.41) is 11.7. The lowest BCUT2D eigenvalue weighted by molar-refractivity contribution is 0.103. The number of anilines is 1. The number of rotatable bonds is 5. The number of carbonyl (C=O) groups is 1. The largest absolute Gasteiger partial charge is 0.296 e. The molecule has 26 heavy (non-hydrogen) atoms. The summed E-state index contributed by atoms with van der Waals surface area (Å²) in [6, 6.07) is 16.5. The Hall–Kier alpha value is -2.29. The van der Waals surface area contributed by atoms with E-state index in [1.165, 1.54) is 34.3 Å². The molecule has 1 amide bonds. The average Bonchev–Trinajstić information content (AvgIpc) is 3.28. The molecule has 0 atom stereocenters. The van der Waals surface area contributed by atoms with Crippen LogP contribution >= 0.6 is 34.4 Å². The molecular formula is C18H12FN3OS3. The Labute approximate surface area is 161 Å². The number of fused-ring (bicyclic) bond motifs is 1. The van der Waals surface area contributed by atoms with Crippen molar-refractivity contribution in [2.24, 2.45) is 0 Å². The molecule has 1 N–H and O–H groups in total. The van der Waals surface area contributed by atoms with Gasteiger partial charge in [-0.1, -0.05) is 59.5 Å². The van der Waals surface area contributed by atoms with Crippen molar-refractivity contribution < 1.29 is 9.18 Å². The second kappa shape index (κ2) is 7.53. The number of nitrogens with one attached hydrogen (secondary N) is 1. The molecule has 0 aliphatic rings. The molecule has 0 radical (unpaired) electrons. The Morgan fingerprint density at radius 1 is 1.08 bits per heavy atom. The summed E-state index contributed by atoms with van der Waals surface area (Å²) < 4.78 is 15.3. The molecule has 0 spiro atoms. The molecule has 0 saturated heterocycles. The number of thioether (sulfide) groups is 1. The molecule has 0 aliphatic heterocycles. The number of aromatic nitrogens is 2. The summed E-state index contributed by atoms with van der Waals surface area (Å²) in [4.78, 5) is 12.8. The Morgan fingerprint density at radius 2 is 1.92 bits per heavy atom. The van der Waals surface area contributed by atoms with E-state index in [2.05, 4.69) is 27.6 Å². The first kappa shape index (κ1) is 17.1. The first-order valence-electron chi connectivity index (χ1n) is 7.69. The van der Waals surface area contributed by atoms with Crippen LogP contribution in [0.15, 0.2) is 58.9 Å². The van der Waals surface area contributed by atoms with Crippen molar-refractivity contribution in [2.45, 2.75) is 10.1 Å². The van der Waals surface area contributed by atoms with Crippen LogP contribution in [0.1, 0.15) is 15.2 Å². The zero-order valence-electron chi connectivity index (χ0n) is 13.3. The minimum atomic E-state index is -0.326. The predicted octanol–water partition coefficient (Wildman–Crippen LogP) is 5.44. The van der Waals surface area contributed by atoms with Gasteiger partial charge in [0.1, 0.15) is 5.82 Å². The monoisotopic (exact) mass is 401 g/mol. The van der Waals surface area contributed by atoms with Gasteiger partial charge < -0.3 is 0 Å². The van der Waals surface area contributed by atoms with Gasteiger partial charge >= 0.3 is 0 Å². The van der Waals surface area contributed by atoms with Crippen molar-refractivity contribution in [1.29, 1.82) is 0 Å². The number of benzene rings is 2. The van der Waals surface area contributed by atoms with E-state index in [0.29, 0.717) is 15.4 Å². The van der Waals surface area contributed by atoms with Gasteiger partial charge in [-0.2, -0.15) is 0 Å². The summed E-state index contributed by atoms with van der Waals surface area (Å²) in [5.74, 6) is 0.161. The minimum absolute atomic E-state index is 0.304. The van der Waals surface area contributed by atoms with E-state index in [0.717, 1.165) is 14.8 Å². The summed E-state index contributed by atoms with van der Waals surface area (Å²) in [6.45, 7) is 0. The first-order valence-corrected chi connectivity index (χ1v) is 10.3. The van der Waals surface area contributed by atoms with Crippen LogP contribution < -0.4 is 5.32 Å². The highest BCUT2D eigenvalue weighted by Crippen LogP contribution is 2.30. The highest BCUT2D eigenvalue weighted by atomic mass is 32.2. The number of amides is 1. The maximum absolute atomic E-state index is 13.8. The van der Waals surface area contributed by atoms with Crippen LogP contribution in [0, 0.1) is 5.82 Å². The fraction of sp³-hybridized carbons (Fsp3) is 0.0556. The lowest BCUT2D eigenvalue weighted by Gasteiger charge is -1.97.